The Bertz CT molecular complexity index is 949. The van der Waals surface area contributed by atoms with Crippen LogP contribution >= 0.6 is 0 Å². The minimum Gasteiger partial charge on any atom is -0.497 e. The van der Waals surface area contributed by atoms with Gasteiger partial charge >= 0.3 is 12.1 Å². The Balaban J connectivity index is 1.42. The number of nitrogens with zero attached hydrogens (tertiary/aromatic N) is 2. The van der Waals surface area contributed by atoms with E-state index in [-0.39, 0.29) is 5.91 Å². The number of methoxy groups -OCH3 is 1. The summed E-state index contributed by atoms with van der Waals surface area (Å²) in [5, 5.41) is 0. The van der Waals surface area contributed by atoms with Crippen LogP contribution in [0.25, 0.3) is 6.08 Å². The molecule has 0 unspecified atom stereocenters. The minimum absolute atomic E-state index is 0.296. The standard InChI is InChI=1S/C23H23F3N2O4/c1-31-20-9-7-19(8-10-20)27-12-14-28(15-13-27)21(29)16-32-22(30)11-4-17-2-5-18(6-3-17)23(24,25)26/h2-11H,12-16H2,1H3. The van der Waals surface area contributed by atoms with E-state index >= 15 is 0 Å². The van der Waals surface area contributed by atoms with Crippen LogP contribution in [0.1, 0.15) is 11.1 Å². The number of esters is 1. The SMILES string of the molecule is COc1ccc(N2CCN(C(=O)COC(=O)C=Cc3ccc(C(F)(F)F)cc3)CC2)cc1. The Hall–Kier alpha value is -3.49. The van der Waals surface area contributed by atoms with Crippen LogP contribution < -0.4 is 9.64 Å². The Morgan fingerprint density at radius 3 is 2.16 bits per heavy atom. The number of amides is 1. The van der Waals surface area contributed by atoms with Gasteiger partial charge in [0.05, 0.1) is 12.7 Å². The topological polar surface area (TPSA) is 59.1 Å². The zero-order chi connectivity index (χ0) is 23.1. The third kappa shape index (κ3) is 6.26. The van der Waals surface area contributed by atoms with Gasteiger partial charge in [0.2, 0.25) is 0 Å². The number of hydrogen-bond donors (Lipinski definition) is 0. The van der Waals surface area contributed by atoms with Crippen LogP contribution in [-0.4, -0.2) is 56.7 Å². The lowest BCUT2D eigenvalue weighted by Gasteiger charge is -2.36. The molecule has 1 amide bonds. The molecule has 6 nitrogen and oxygen atoms in total. The lowest BCUT2D eigenvalue weighted by atomic mass is 10.1. The number of rotatable bonds is 6. The molecule has 2 aromatic rings. The number of halogens is 3. The number of carbonyl (C=O) groups excluding carboxylic acids is 2. The van der Waals surface area contributed by atoms with Gasteiger partial charge in [0.25, 0.3) is 5.91 Å². The molecule has 1 aliphatic heterocycles. The first-order valence-electron chi connectivity index (χ1n) is 9.95. The number of hydrogen-bond acceptors (Lipinski definition) is 5. The normalized spacial score (nSPS) is 14.5. The molecule has 0 aromatic heterocycles. The molecule has 170 valence electrons. The van der Waals surface area contributed by atoms with Crippen LogP contribution in [0.15, 0.2) is 54.6 Å². The molecule has 1 heterocycles. The van der Waals surface area contributed by atoms with Gasteiger partial charge in [0.15, 0.2) is 6.61 Å². The van der Waals surface area contributed by atoms with Crippen molar-refractivity contribution in [3.05, 3.63) is 65.7 Å². The summed E-state index contributed by atoms with van der Waals surface area (Å²) < 4.78 is 47.8. The molecule has 1 fully saturated rings. The van der Waals surface area contributed by atoms with Crippen LogP contribution in [0.5, 0.6) is 5.75 Å². The van der Waals surface area contributed by atoms with Gasteiger partial charge in [-0.15, -0.1) is 0 Å². The van der Waals surface area contributed by atoms with Gasteiger partial charge in [-0.1, -0.05) is 12.1 Å². The van der Waals surface area contributed by atoms with Crippen molar-refractivity contribution in [3.63, 3.8) is 0 Å². The lowest BCUT2D eigenvalue weighted by Crippen LogP contribution is -2.49. The molecule has 3 rings (SSSR count). The van der Waals surface area contributed by atoms with Gasteiger partial charge < -0.3 is 19.3 Å². The molecule has 9 heteroatoms. The summed E-state index contributed by atoms with van der Waals surface area (Å²) in [5.74, 6) is -0.262. The third-order valence-corrected chi connectivity index (χ3v) is 5.06. The monoisotopic (exact) mass is 448 g/mol. The summed E-state index contributed by atoms with van der Waals surface area (Å²) in [6, 6.07) is 12.0. The van der Waals surface area contributed by atoms with Gasteiger partial charge in [0.1, 0.15) is 5.75 Å². The average Bonchev–Trinajstić information content (AvgIpc) is 2.81. The van der Waals surface area contributed by atoms with Crippen molar-refractivity contribution in [2.45, 2.75) is 6.18 Å². The third-order valence-electron chi connectivity index (χ3n) is 5.06. The van der Waals surface area contributed by atoms with Gasteiger partial charge in [0, 0.05) is 37.9 Å². The maximum absolute atomic E-state index is 12.6. The summed E-state index contributed by atoms with van der Waals surface area (Å²) in [5.41, 5.74) is 0.684. The number of ether oxygens (including phenoxy) is 2. The van der Waals surface area contributed by atoms with E-state index in [2.05, 4.69) is 4.90 Å². The number of anilines is 1. The fourth-order valence-corrected chi connectivity index (χ4v) is 3.23. The summed E-state index contributed by atoms with van der Waals surface area (Å²) >= 11 is 0. The van der Waals surface area contributed by atoms with Gasteiger partial charge in [-0.3, -0.25) is 4.79 Å². The van der Waals surface area contributed by atoms with Crippen molar-refractivity contribution in [3.8, 4) is 5.75 Å². The first-order valence-corrected chi connectivity index (χ1v) is 9.95. The molecule has 32 heavy (non-hydrogen) atoms. The Morgan fingerprint density at radius 1 is 0.969 bits per heavy atom. The van der Waals surface area contributed by atoms with Crippen LogP contribution in [0.3, 0.4) is 0 Å². The van der Waals surface area contributed by atoms with E-state index in [4.69, 9.17) is 9.47 Å². The van der Waals surface area contributed by atoms with Crippen molar-refractivity contribution >= 4 is 23.6 Å². The van der Waals surface area contributed by atoms with Crippen LogP contribution in [0.4, 0.5) is 18.9 Å². The van der Waals surface area contributed by atoms with E-state index in [1.54, 1.807) is 12.0 Å². The molecular weight excluding hydrogens is 425 g/mol. The van der Waals surface area contributed by atoms with Gasteiger partial charge in [-0.2, -0.15) is 13.2 Å². The molecule has 1 saturated heterocycles. The van der Waals surface area contributed by atoms with Crippen molar-refractivity contribution in [2.24, 2.45) is 0 Å². The summed E-state index contributed by atoms with van der Waals surface area (Å²) in [4.78, 5) is 27.9. The molecule has 0 radical (unpaired) electrons. The number of carbonyl (C=O) groups is 2. The van der Waals surface area contributed by atoms with Gasteiger partial charge in [-0.05, 0) is 48.0 Å². The maximum Gasteiger partial charge on any atom is 0.416 e. The highest BCUT2D eigenvalue weighted by Gasteiger charge is 2.29. The molecule has 0 spiro atoms. The molecule has 1 aliphatic rings. The van der Waals surface area contributed by atoms with Crippen molar-refractivity contribution < 1.29 is 32.2 Å². The second-order valence-electron chi connectivity index (χ2n) is 7.13. The van der Waals surface area contributed by atoms with E-state index in [9.17, 15) is 22.8 Å². The molecule has 2 aromatic carbocycles. The zero-order valence-electron chi connectivity index (χ0n) is 17.5. The molecule has 0 saturated carbocycles. The van der Waals surface area contributed by atoms with E-state index in [1.807, 2.05) is 24.3 Å². The second-order valence-corrected chi connectivity index (χ2v) is 7.13. The van der Waals surface area contributed by atoms with E-state index in [1.165, 1.54) is 18.2 Å². The van der Waals surface area contributed by atoms with Crippen LogP contribution in [-0.2, 0) is 20.5 Å². The smallest absolute Gasteiger partial charge is 0.416 e. The van der Waals surface area contributed by atoms with Crippen LogP contribution in [0, 0.1) is 0 Å². The Kier molecular flexibility index (Phi) is 7.40. The molecule has 0 atom stereocenters. The molecule has 0 aliphatic carbocycles. The van der Waals surface area contributed by atoms with Crippen LogP contribution in [0.2, 0.25) is 0 Å². The number of alkyl halides is 3. The minimum atomic E-state index is -4.42. The Morgan fingerprint density at radius 2 is 1.59 bits per heavy atom. The molecule has 0 bridgehead atoms. The second kappa shape index (κ2) is 10.2. The Labute approximate surface area is 183 Å². The number of benzene rings is 2. The van der Waals surface area contributed by atoms with Crippen molar-refractivity contribution in [1.82, 2.24) is 4.90 Å². The maximum atomic E-state index is 12.6. The highest BCUT2D eigenvalue weighted by Crippen LogP contribution is 2.29. The first kappa shape index (κ1) is 23.2. The van der Waals surface area contributed by atoms with Gasteiger partial charge in [-0.25, -0.2) is 4.79 Å². The summed E-state index contributed by atoms with van der Waals surface area (Å²) in [6.45, 7) is 1.92. The zero-order valence-corrected chi connectivity index (χ0v) is 17.5. The van der Waals surface area contributed by atoms with Crippen molar-refractivity contribution in [1.29, 1.82) is 0 Å². The first-order chi connectivity index (χ1) is 15.3. The lowest BCUT2D eigenvalue weighted by molar-refractivity contribution is -0.148. The fraction of sp³-hybridized carbons (Fsp3) is 0.304. The molecule has 0 N–H and O–H groups in total. The predicted molar refractivity (Wildman–Crippen MR) is 113 cm³/mol. The van der Waals surface area contributed by atoms with E-state index in [0.29, 0.717) is 31.7 Å². The summed E-state index contributed by atoms with van der Waals surface area (Å²) in [6.07, 6.45) is -2.00. The quantitative estimate of drug-likeness (QED) is 0.499. The highest BCUT2D eigenvalue weighted by molar-refractivity contribution is 5.89. The average molecular weight is 448 g/mol. The predicted octanol–water partition coefficient (Wildman–Crippen LogP) is 3.62. The highest BCUT2D eigenvalue weighted by atomic mass is 19.4. The number of piperazine rings is 1. The van der Waals surface area contributed by atoms with E-state index in [0.717, 1.165) is 29.6 Å². The molecular formula is C23H23F3N2O4. The van der Waals surface area contributed by atoms with E-state index < -0.39 is 24.3 Å². The fourth-order valence-electron chi connectivity index (χ4n) is 3.23. The summed E-state index contributed by atoms with van der Waals surface area (Å²) in [7, 11) is 1.61. The van der Waals surface area contributed by atoms with Crippen molar-refractivity contribution in [2.75, 3.05) is 44.8 Å². The largest absolute Gasteiger partial charge is 0.497 e.